The average molecular weight is 346 g/mol. The van der Waals surface area contributed by atoms with Crippen molar-refractivity contribution in [3.63, 3.8) is 0 Å². The number of carbonyl (C=O) groups is 1. The van der Waals surface area contributed by atoms with Crippen molar-refractivity contribution in [1.82, 2.24) is 0 Å². The molecule has 0 aliphatic heterocycles. The Morgan fingerprint density at radius 3 is 2.56 bits per heavy atom. The molecule has 0 aliphatic carbocycles. The first-order valence-corrected chi connectivity index (χ1v) is 7.41. The van der Waals surface area contributed by atoms with Gasteiger partial charge in [0.15, 0.2) is 0 Å². The van der Waals surface area contributed by atoms with Gasteiger partial charge >= 0.3 is 0 Å². The average Bonchev–Trinajstić information content (AvgIpc) is 2.62. The number of anilines is 1. The summed E-state index contributed by atoms with van der Waals surface area (Å²) in [6.07, 6.45) is 0. The Labute approximate surface area is 144 Å². The highest BCUT2D eigenvalue weighted by atomic mass is 16.6. The van der Waals surface area contributed by atoms with Crippen LogP contribution in [0.1, 0.15) is 10.4 Å². The number of hydrogen-bond acceptors (Lipinski definition) is 6. The lowest BCUT2D eigenvalue weighted by molar-refractivity contribution is -0.384. The molecule has 2 aromatic rings. The van der Waals surface area contributed by atoms with Crippen LogP contribution < -0.4 is 14.8 Å². The van der Waals surface area contributed by atoms with E-state index in [1.165, 1.54) is 25.3 Å². The summed E-state index contributed by atoms with van der Waals surface area (Å²) in [6.45, 7) is 0.676. The molecular weight excluding hydrogens is 328 g/mol. The Morgan fingerprint density at radius 1 is 1.12 bits per heavy atom. The smallest absolute Gasteiger partial charge is 0.271 e. The van der Waals surface area contributed by atoms with Gasteiger partial charge in [-0.25, -0.2) is 0 Å². The van der Waals surface area contributed by atoms with Crippen LogP contribution in [0.25, 0.3) is 0 Å². The van der Waals surface area contributed by atoms with E-state index in [0.29, 0.717) is 30.3 Å². The predicted octanol–water partition coefficient (Wildman–Crippen LogP) is 2.88. The van der Waals surface area contributed by atoms with Crippen LogP contribution in [0.3, 0.4) is 0 Å². The molecule has 8 heteroatoms. The third kappa shape index (κ3) is 4.67. The van der Waals surface area contributed by atoms with Gasteiger partial charge in [-0.3, -0.25) is 14.9 Å². The number of carbonyl (C=O) groups excluding carboxylic acids is 1. The van der Waals surface area contributed by atoms with E-state index in [0.717, 1.165) is 0 Å². The number of nitro groups is 1. The minimum Gasteiger partial charge on any atom is -0.495 e. The van der Waals surface area contributed by atoms with Crippen molar-refractivity contribution in [1.29, 1.82) is 0 Å². The molecule has 2 aromatic carbocycles. The molecule has 2 rings (SSSR count). The van der Waals surface area contributed by atoms with E-state index < -0.39 is 10.8 Å². The van der Waals surface area contributed by atoms with Crippen LogP contribution in [0.15, 0.2) is 42.5 Å². The van der Waals surface area contributed by atoms with Gasteiger partial charge in [0.05, 0.1) is 29.9 Å². The van der Waals surface area contributed by atoms with E-state index in [9.17, 15) is 14.9 Å². The molecule has 0 fully saturated rings. The second-order valence-electron chi connectivity index (χ2n) is 4.93. The number of nitrogens with zero attached hydrogens (tertiary/aromatic N) is 1. The van der Waals surface area contributed by atoms with Crippen LogP contribution in [0, 0.1) is 10.1 Å². The van der Waals surface area contributed by atoms with Crippen molar-refractivity contribution < 1.29 is 23.9 Å². The fourth-order valence-electron chi connectivity index (χ4n) is 2.11. The zero-order valence-electron chi connectivity index (χ0n) is 13.9. The van der Waals surface area contributed by atoms with Crippen LogP contribution in [0.2, 0.25) is 0 Å². The minimum atomic E-state index is -0.545. The third-order valence-corrected chi connectivity index (χ3v) is 3.32. The molecular formula is C17H18N2O6. The van der Waals surface area contributed by atoms with Crippen molar-refractivity contribution in [2.75, 3.05) is 32.8 Å². The standard InChI is InChI=1S/C17H18N2O6/c1-23-9-10-25-15-6-4-3-5-13(15)17(20)18-14-11-12(19(21)22)7-8-16(14)24-2/h3-8,11H,9-10H2,1-2H3,(H,18,20). The lowest BCUT2D eigenvalue weighted by Crippen LogP contribution is -2.15. The van der Waals surface area contributed by atoms with Gasteiger partial charge in [-0.1, -0.05) is 12.1 Å². The Balaban J connectivity index is 2.25. The summed E-state index contributed by atoms with van der Waals surface area (Å²) in [5, 5.41) is 13.6. The SMILES string of the molecule is COCCOc1ccccc1C(=O)Nc1cc([N+](=O)[O-])ccc1OC. The second kappa shape index (κ2) is 8.65. The molecule has 0 saturated heterocycles. The van der Waals surface area contributed by atoms with E-state index in [1.54, 1.807) is 31.4 Å². The molecule has 132 valence electrons. The van der Waals surface area contributed by atoms with Gasteiger partial charge in [-0.2, -0.15) is 0 Å². The van der Waals surface area contributed by atoms with Gasteiger partial charge in [0.2, 0.25) is 0 Å². The topological polar surface area (TPSA) is 99.9 Å². The van der Waals surface area contributed by atoms with Gasteiger partial charge in [0, 0.05) is 19.2 Å². The van der Waals surface area contributed by atoms with Crippen LogP contribution in [0.5, 0.6) is 11.5 Å². The Bertz CT molecular complexity index is 763. The van der Waals surface area contributed by atoms with Crippen molar-refractivity contribution in [2.45, 2.75) is 0 Å². The van der Waals surface area contributed by atoms with E-state index in [4.69, 9.17) is 14.2 Å². The van der Waals surface area contributed by atoms with Gasteiger partial charge in [-0.15, -0.1) is 0 Å². The summed E-state index contributed by atoms with van der Waals surface area (Å²) in [6, 6.07) is 10.7. The summed E-state index contributed by atoms with van der Waals surface area (Å²) in [5.41, 5.74) is 0.348. The number of ether oxygens (including phenoxy) is 3. The van der Waals surface area contributed by atoms with Crippen LogP contribution in [-0.4, -0.2) is 38.3 Å². The number of non-ortho nitro benzene ring substituents is 1. The number of para-hydroxylation sites is 1. The molecule has 0 atom stereocenters. The maximum Gasteiger partial charge on any atom is 0.271 e. The fraction of sp³-hybridized carbons (Fsp3) is 0.235. The molecule has 8 nitrogen and oxygen atoms in total. The highest BCUT2D eigenvalue weighted by Crippen LogP contribution is 2.30. The molecule has 0 heterocycles. The lowest BCUT2D eigenvalue weighted by atomic mass is 10.1. The summed E-state index contributed by atoms with van der Waals surface area (Å²) in [7, 11) is 2.97. The highest BCUT2D eigenvalue weighted by Gasteiger charge is 2.17. The van der Waals surface area contributed by atoms with Crippen LogP contribution in [0.4, 0.5) is 11.4 Å². The predicted molar refractivity (Wildman–Crippen MR) is 91.4 cm³/mol. The minimum absolute atomic E-state index is 0.152. The van der Waals surface area contributed by atoms with E-state index in [1.807, 2.05) is 0 Å². The Kier molecular flexibility index (Phi) is 6.30. The zero-order valence-corrected chi connectivity index (χ0v) is 13.9. The summed E-state index contributed by atoms with van der Waals surface area (Å²) in [4.78, 5) is 23.0. The van der Waals surface area contributed by atoms with Gasteiger partial charge in [0.1, 0.15) is 18.1 Å². The molecule has 0 unspecified atom stereocenters. The van der Waals surface area contributed by atoms with Gasteiger partial charge in [-0.05, 0) is 18.2 Å². The molecule has 1 amide bonds. The molecule has 0 radical (unpaired) electrons. The first kappa shape index (κ1) is 18.2. The number of rotatable bonds is 8. The highest BCUT2D eigenvalue weighted by molar-refractivity contribution is 6.07. The summed E-state index contributed by atoms with van der Waals surface area (Å²) < 4.78 is 15.6. The van der Waals surface area contributed by atoms with E-state index in [2.05, 4.69) is 5.32 Å². The fourth-order valence-corrected chi connectivity index (χ4v) is 2.11. The van der Waals surface area contributed by atoms with Crippen molar-refractivity contribution >= 4 is 17.3 Å². The van der Waals surface area contributed by atoms with Crippen LogP contribution >= 0.6 is 0 Å². The monoisotopic (exact) mass is 346 g/mol. The summed E-state index contributed by atoms with van der Waals surface area (Å²) in [5.74, 6) is 0.241. The molecule has 0 saturated carbocycles. The van der Waals surface area contributed by atoms with Gasteiger partial charge in [0.25, 0.3) is 11.6 Å². The van der Waals surface area contributed by atoms with E-state index in [-0.39, 0.29) is 11.4 Å². The molecule has 0 aliphatic rings. The number of nitrogens with one attached hydrogen (secondary N) is 1. The third-order valence-electron chi connectivity index (χ3n) is 3.32. The van der Waals surface area contributed by atoms with Crippen molar-refractivity contribution in [2.24, 2.45) is 0 Å². The second-order valence-corrected chi connectivity index (χ2v) is 4.93. The number of amides is 1. The summed E-state index contributed by atoms with van der Waals surface area (Å²) >= 11 is 0. The lowest BCUT2D eigenvalue weighted by Gasteiger charge is -2.13. The zero-order chi connectivity index (χ0) is 18.2. The maximum atomic E-state index is 12.6. The van der Waals surface area contributed by atoms with E-state index >= 15 is 0 Å². The molecule has 0 bridgehead atoms. The van der Waals surface area contributed by atoms with Crippen LogP contribution in [-0.2, 0) is 4.74 Å². The molecule has 25 heavy (non-hydrogen) atoms. The number of hydrogen-bond donors (Lipinski definition) is 1. The number of benzene rings is 2. The normalized spacial score (nSPS) is 10.2. The van der Waals surface area contributed by atoms with Gasteiger partial charge < -0.3 is 19.5 Å². The van der Waals surface area contributed by atoms with Crippen molar-refractivity contribution in [3.8, 4) is 11.5 Å². The molecule has 1 N–H and O–H groups in total. The number of methoxy groups -OCH3 is 2. The first-order chi connectivity index (χ1) is 12.1. The first-order valence-electron chi connectivity index (χ1n) is 7.41. The molecule has 0 spiro atoms. The quantitative estimate of drug-likeness (QED) is 0.448. The number of nitro benzene ring substituents is 1. The van der Waals surface area contributed by atoms with Crippen molar-refractivity contribution in [3.05, 3.63) is 58.1 Å². The Hall–Kier alpha value is -3.13. The maximum absolute atomic E-state index is 12.6. The largest absolute Gasteiger partial charge is 0.495 e. The Morgan fingerprint density at radius 2 is 1.88 bits per heavy atom. The molecule has 0 aromatic heterocycles.